The average Bonchev–Trinajstić information content (AvgIpc) is 2.02. The zero-order valence-electron chi connectivity index (χ0n) is 7.53. The quantitative estimate of drug-likeness (QED) is 0.790. The molecule has 1 N–H and O–H groups in total. The van der Waals surface area contributed by atoms with Crippen molar-refractivity contribution in [3.8, 4) is 0 Å². The number of rotatable bonds is 2. The molecular weight excluding hydrogens is 188 g/mol. The third kappa shape index (κ3) is 4.01. The van der Waals surface area contributed by atoms with Gasteiger partial charge in [-0.1, -0.05) is 17.7 Å². The van der Waals surface area contributed by atoms with Crippen molar-refractivity contribution in [1.29, 1.82) is 0 Å². The lowest BCUT2D eigenvalue weighted by atomic mass is 10.1. The fraction of sp³-hybridized carbons (Fsp3) is 0.333. The number of aliphatic hydroxyl groups is 1. The molecule has 1 aromatic heterocycles. The molecule has 0 saturated heterocycles. The third-order valence-corrected chi connectivity index (χ3v) is 1.52. The summed E-state index contributed by atoms with van der Waals surface area (Å²) >= 11 is 5.55. The second-order valence-corrected chi connectivity index (χ2v) is 3.66. The van der Waals surface area contributed by atoms with Gasteiger partial charge in [-0.3, -0.25) is 0 Å². The minimum atomic E-state index is -0.832. The molecule has 0 amide bonds. The monoisotopic (exact) mass is 198 g/mol. The number of hydrogen-bond acceptors (Lipinski definition) is 3. The Kier molecular flexibility index (Phi) is 3.01. The topological polar surface area (TPSA) is 46.0 Å². The van der Waals surface area contributed by atoms with Crippen molar-refractivity contribution in [3.63, 3.8) is 0 Å². The Hall–Kier alpha value is -0.930. The first-order chi connectivity index (χ1) is 5.97. The van der Waals surface area contributed by atoms with Gasteiger partial charge in [0.25, 0.3) is 0 Å². The van der Waals surface area contributed by atoms with Crippen molar-refractivity contribution in [2.45, 2.75) is 19.4 Å². The van der Waals surface area contributed by atoms with E-state index in [0.29, 0.717) is 10.8 Å². The normalized spacial score (nSPS) is 12.3. The van der Waals surface area contributed by atoms with Crippen molar-refractivity contribution in [3.05, 3.63) is 29.1 Å². The van der Waals surface area contributed by atoms with Gasteiger partial charge in [0.2, 0.25) is 0 Å². The molecule has 0 aromatic carbocycles. The highest BCUT2D eigenvalue weighted by Crippen LogP contribution is 2.08. The summed E-state index contributed by atoms with van der Waals surface area (Å²) in [6, 6.07) is 3.39. The molecule has 4 heteroatoms. The molecule has 3 nitrogen and oxygen atoms in total. The Morgan fingerprint density at radius 2 is 2.08 bits per heavy atom. The SMILES string of the molecule is CC(C)(O)C=Cc1ccc(Cl)nn1. The van der Waals surface area contributed by atoms with Crippen LogP contribution < -0.4 is 0 Å². The van der Waals surface area contributed by atoms with E-state index in [-0.39, 0.29) is 0 Å². The molecule has 13 heavy (non-hydrogen) atoms. The maximum Gasteiger partial charge on any atom is 0.151 e. The predicted octanol–water partition coefficient (Wildman–Crippen LogP) is 1.91. The van der Waals surface area contributed by atoms with Crippen LogP contribution in [0.25, 0.3) is 6.08 Å². The van der Waals surface area contributed by atoms with Crippen molar-refractivity contribution in [1.82, 2.24) is 10.2 Å². The molecule has 0 atom stereocenters. The fourth-order valence-corrected chi connectivity index (χ4v) is 0.805. The molecule has 0 aliphatic rings. The molecule has 1 aromatic rings. The van der Waals surface area contributed by atoms with Crippen LogP contribution in [-0.4, -0.2) is 20.9 Å². The highest BCUT2D eigenvalue weighted by Gasteiger charge is 2.05. The average molecular weight is 199 g/mol. The van der Waals surface area contributed by atoms with E-state index in [1.165, 1.54) is 0 Å². The molecule has 1 heterocycles. The first kappa shape index (κ1) is 10.2. The maximum absolute atomic E-state index is 9.37. The van der Waals surface area contributed by atoms with E-state index in [1.807, 2.05) is 0 Å². The lowest BCUT2D eigenvalue weighted by molar-refractivity contribution is 0.134. The lowest BCUT2D eigenvalue weighted by Crippen LogP contribution is -2.13. The molecule has 1 rings (SSSR count). The van der Waals surface area contributed by atoms with E-state index in [4.69, 9.17) is 11.6 Å². The van der Waals surface area contributed by atoms with E-state index in [2.05, 4.69) is 10.2 Å². The highest BCUT2D eigenvalue weighted by molar-refractivity contribution is 6.29. The van der Waals surface area contributed by atoms with Crippen molar-refractivity contribution in [2.75, 3.05) is 0 Å². The first-order valence-electron chi connectivity index (χ1n) is 3.88. The van der Waals surface area contributed by atoms with Gasteiger partial charge in [-0.25, -0.2) is 0 Å². The Balaban J connectivity index is 2.75. The van der Waals surface area contributed by atoms with Gasteiger partial charge in [0.05, 0.1) is 11.3 Å². The van der Waals surface area contributed by atoms with Crippen LogP contribution >= 0.6 is 11.6 Å². The van der Waals surface area contributed by atoms with Crippen LogP contribution in [0.3, 0.4) is 0 Å². The summed E-state index contributed by atoms with van der Waals surface area (Å²) in [5, 5.41) is 17.2. The molecule has 0 bridgehead atoms. The standard InChI is InChI=1S/C9H11ClN2O/c1-9(2,13)6-5-7-3-4-8(10)12-11-7/h3-6,13H,1-2H3. The molecule has 0 fully saturated rings. The van der Waals surface area contributed by atoms with Gasteiger partial charge < -0.3 is 5.11 Å². The van der Waals surface area contributed by atoms with Gasteiger partial charge in [0.15, 0.2) is 5.15 Å². The Morgan fingerprint density at radius 3 is 2.54 bits per heavy atom. The van der Waals surface area contributed by atoms with Crippen LogP contribution in [0.4, 0.5) is 0 Å². The minimum Gasteiger partial charge on any atom is -0.386 e. The van der Waals surface area contributed by atoms with Gasteiger partial charge in [0, 0.05) is 0 Å². The summed E-state index contributed by atoms with van der Waals surface area (Å²) in [6.45, 7) is 3.37. The molecular formula is C9H11ClN2O. The van der Waals surface area contributed by atoms with Crippen LogP contribution in [0.2, 0.25) is 5.15 Å². The largest absolute Gasteiger partial charge is 0.386 e. The van der Waals surface area contributed by atoms with E-state index < -0.39 is 5.60 Å². The van der Waals surface area contributed by atoms with Crippen LogP contribution in [0.5, 0.6) is 0 Å². The summed E-state index contributed by atoms with van der Waals surface area (Å²) in [4.78, 5) is 0. The van der Waals surface area contributed by atoms with Gasteiger partial charge in [-0.15, -0.1) is 10.2 Å². The zero-order chi connectivity index (χ0) is 9.90. The van der Waals surface area contributed by atoms with E-state index in [1.54, 1.807) is 38.1 Å². The molecule has 0 unspecified atom stereocenters. The van der Waals surface area contributed by atoms with Crippen LogP contribution in [-0.2, 0) is 0 Å². The summed E-state index contributed by atoms with van der Waals surface area (Å²) in [6.07, 6.45) is 3.34. The Bertz CT molecular complexity index is 300. The minimum absolute atomic E-state index is 0.361. The molecule has 70 valence electrons. The van der Waals surface area contributed by atoms with Crippen molar-refractivity contribution < 1.29 is 5.11 Å². The van der Waals surface area contributed by atoms with Gasteiger partial charge in [-0.05, 0) is 32.1 Å². The summed E-state index contributed by atoms with van der Waals surface area (Å²) in [5.74, 6) is 0. The second kappa shape index (κ2) is 3.85. The molecule has 0 saturated carbocycles. The molecule has 0 spiro atoms. The summed E-state index contributed by atoms with van der Waals surface area (Å²) < 4.78 is 0. The first-order valence-corrected chi connectivity index (χ1v) is 4.26. The van der Waals surface area contributed by atoms with Crippen LogP contribution in [0.15, 0.2) is 18.2 Å². The smallest absolute Gasteiger partial charge is 0.151 e. The molecule has 0 radical (unpaired) electrons. The van der Waals surface area contributed by atoms with Crippen molar-refractivity contribution >= 4 is 17.7 Å². The zero-order valence-corrected chi connectivity index (χ0v) is 8.28. The third-order valence-electron chi connectivity index (χ3n) is 1.31. The number of halogens is 1. The molecule has 0 aliphatic carbocycles. The molecule has 0 aliphatic heterocycles. The van der Waals surface area contributed by atoms with Crippen molar-refractivity contribution in [2.24, 2.45) is 0 Å². The van der Waals surface area contributed by atoms with Crippen LogP contribution in [0, 0.1) is 0 Å². The van der Waals surface area contributed by atoms with E-state index >= 15 is 0 Å². The summed E-state index contributed by atoms with van der Waals surface area (Å²) in [7, 11) is 0. The van der Waals surface area contributed by atoms with Gasteiger partial charge in [0.1, 0.15) is 0 Å². The highest BCUT2D eigenvalue weighted by atomic mass is 35.5. The van der Waals surface area contributed by atoms with E-state index in [9.17, 15) is 5.11 Å². The fourth-order valence-electron chi connectivity index (χ4n) is 0.705. The lowest BCUT2D eigenvalue weighted by Gasteiger charge is -2.09. The van der Waals surface area contributed by atoms with Gasteiger partial charge >= 0.3 is 0 Å². The van der Waals surface area contributed by atoms with E-state index in [0.717, 1.165) is 0 Å². The Labute approximate surface area is 82.1 Å². The number of nitrogens with zero attached hydrogens (tertiary/aromatic N) is 2. The number of hydrogen-bond donors (Lipinski definition) is 1. The number of aromatic nitrogens is 2. The van der Waals surface area contributed by atoms with Gasteiger partial charge in [-0.2, -0.15) is 0 Å². The predicted molar refractivity (Wildman–Crippen MR) is 52.4 cm³/mol. The Morgan fingerprint density at radius 1 is 1.38 bits per heavy atom. The van der Waals surface area contributed by atoms with Crippen LogP contribution in [0.1, 0.15) is 19.5 Å². The maximum atomic E-state index is 9.37. The summed E-state index contributed by atoms with van der Waals surface area (Å²) in [5.41, 5.74) is -0.159. The second-order valence-electron chi connectivity index (χ2n) is 3.27.